The van der Waals surface area contributed by atoms with Gasteiger partial charge in [0.15, 0.2) is 10.9 Å². The molecule has 4 aromatic rings. The fourth-order valence-corrected chi connectivity index (χ4v) is 3.81. The third kappa shape index (κ3) is 3.77. The minimum Gasteiger partial charge on any atom is -0.497 e. The number of methoxy groups -OCH3 is 1. The molecule has 1 amide bonds. The number of amides is 1. The van der Waals surface area contributed by atoms with Crippen LogP contribution in [-0.4, -0.2) is 18.0 Å². The summed E-state index contributed by atoms with van der Waals surface area (Å²) in [6.45, 7) is 4.07. The van der Waals surface area contributed by atoms with Crippen LogP contribution in [0.3, 0.4) is 0 Å². The van der Waals surface area contributed by atoms with Gasteiger partial charge in [0.05, 0.1) is 13.5 Å². The number of carbonyl (C=O) groups excluding carboxylic acids is 1. The first-order chi connectivity index (χ1) is 13.5. The van der Waals surface area contributed by atoms with Crippen LogP contribution in [-0.2, 0) is 11.2 Å². The van der Waals surface area contributed by atoms with Gasteiger partial charge in [-0.25, -0.2) is 4.98 Å². The molecule has 2 heterocycles. The van der Waals surface area contributed by atoms with Gasteiger partial charge in [-0.15, -0.1) is 11.3 Å². The van der Waals surface area contributed by atoms with E-state index >= 15 is 0 Å². The normalized spacial score (nSPS) is 11.0. The van der Waals surface area contributed by atoms with E-state index < -0.39 is 0 Å². The highest BCUT2D eigenvalue weighted by atomic mass is 32.1. The lowest BCUT2D eigenvalue weighted by atomic mass is 10.0. The largest absolute Gasteiger partial charge is 0.497 e. The molecule has 0 aliphatic heterocycles. The van der Waals surface area contributed by atoms with E-state index in [2.05, 4.69) is 16.4 Å². The summed E-state index contributed by atoms with van der Waals surface area (Å²) < 4.78 is 11.1. The fraction of sp³-hybridized carbons (Fsp3) is 0.182. The van der Waals surface area contributed by atoms with E-state index in [0.717, 1.165) is 27.8 Å². The van der Waals surface area contributed by atoms with E-state index in [1.54, 1.807) is 7.11 Å². The number of carbonyl (C=O) groups is 1. The third-order valence-corrected chi connectivity index (χ3v) is 5.34. The number of aromatic nitrogens is 1. The summed E-state index contributed by atoms with van der Waals surface area (Å²) in [6.07, 6.45) is 0.325. The predicted molar refractivity (Wildman–Crippen MR) is 112 cm³/mol. The van der Waals surface area contributed by atoms with Crippen molar-refractivity contribution in [1.82, 2.24) is 4.98 Å². The minimum absolute atomic E-state index is 0.0813. The molecule has 0 saturated carbocycles. The topological polar surface area (TPSA) is 64.4 Å². The van der Waals surface area contributed by atoms with Crippen molar-refractivity contribution in [3.05, 3.63) is 64.5 Å². The van der Waals surface area contributed by atoms with Gasteiger partial charge in [-0.1, -0.05) is 23.8 Å². The van der Waals surface area contributed by atoms with Crippen molar-refractivity contribution in [1.29, 1.82) is 0 Å². The Balaban J connectivity index is 1.49. The molecule has 0 unspecified atom stereocenters. The number of rotatable bonds is 5. The molecule has 28 heavy (non-hydrogen) atoms. The Morgan fingerprint density at radius 3 is 2.82 bits per heavy atom. The Morgan fingerprint density at radius 1 is 1.18 bits per heavy atom. The number of ether oxygens (including phenoxy) is 1. The predicted octanol–water partition coefficient (Wildman–Crippen LogP) is 5.36. The number of benzene rings is 2. The monoisotopic (exact) mass is 392 g/mol. The van der Waals surface area contributed by atoms with Crippen molar-refractivity contribution in [2.45, 2.75) is 20.3 Å². The van der Waals surface area contributed by atoms with Crippen molar-refractivity contribution >= 4 is 33.3 Å². The molecule has 0 bridgehead atoms. The Kier molecular flexibility index (Phi) is 4.88. The highest BCUT2D eigenvalue weighted by Gasteiger charge is 2.13. The van der Waals surface area contributed by atoms with Gasteiger partial charge in [0.2, 0.25) is 5.91 Å². The summed E-state index contributed by atoms with van der Waals surface area (Å²) in [5.74, 6) is 1.32. The lowest BCUT2D eigenvalue weighted by Gasteiger charge is -2.06. The molecule has 0 atom stereocenters. The zero-order chi connectivity index (χ0) is 19.7. The van der Waals surface area contributed by atoms with Crippen LogP contribution in [0.25, 0.3) is 22.4 Å². The van der Waals surface area contributed by atoms with E-state index in [0.29, 0.717) is 23.0 Å². The van der Waals surface area contributed by atoms with E-state index in [1.807, 2.05) is 55.6 Å². The Bertz CT molecular complexity index is 1160. The third-order valence-electron chi connectivity index (χ3n) is 4.58. The second kappa shape index (κ2) is 7.48. The average molecular weight is 392 g/mol. The highest BCUT2D eigenvalue weighted by molar-refractivity contribution is 7.14. The Morgan fingerprint density at radius 2 is 2.04 bits per heavy atom. The van der Waals surface area contributed by atoms with Gasteiger partial charge in [0.25, 0.3) is 0 Å². The molecular weight excluding hydrogens is 372 g/mol. The number of nitrogens with one attached hydrogen (secondary N) is 1. The van der Waals surface area contributed by atoms with Crippen LogP contribution in [0.15, 0.2) is 52.3 Å². The molecule has 2 aromatic carbocycles. The van der Waals surface area contributed by atoms with Crippen LogP contribution < -0.4 is 10.1 Å². The quantitative estimate of drug-likeness (QED) is 0.496. The first-order valence-electron chi connectivity index (χ1n) is 8.91. The van der Waals surface area contributed by atoms with Gasteiger partial charge in [-0.05, 0) is 43.2 Å². The molecule has 6 heteroatoms. The molecule has 1 N–H and O–H groups in total. The first-order valence-corrected chi connectivity index (χ1v) is 9.79. The molecule has 142 valence electrons. The van der Waals surface area contributed by atoms with E-state index in [-0.39, 0.29) is 5.91 Å². The van der Waals surface area contributed by atoms with E-state index in [1.165, 1.54) is 16.9 Å². The van der Waals surface area contributed by atoms with Crippen LogP contribution in [0.5, 0.6) is 5.75 Å². The summed E-state index contributed by atoms with van der Waals surface area (Å²) in [5, 5.41) is 6.29. The van der Waals surface area contributed by atoms with E-state index in [4.69, 9.17) is 9.15 Å². The number of hydrogen-bond donors (Lipinski definition) is 1. The average Bonchev–Trinajstić information content (AvgIpc) is 3.29. The zero-order valence-electron chi connectivity index (χ0n) is 15.9. The van der Waals surface area contributed by atoms with Crippen molar-refractivity contribution in [3.63, 3.8) is 0 Å². The lowest BCUT2D eigenvalue weighted by molar-refractivity contribution is -0.115. The molecule has 0 aliphatic rings. The maximum Gasteiger partial charge on any atom is 0.230 e. The van der Waals surface area contributed by atoms with Crippen molar-refractivity contribution < 1.29 is 13.9 Å². The molecule has 0 saturated heterocycles. The molecule has 0 fully saturated rings. The number of hydrogen-bond acceptors (Lipinski definition) is 5. The molecule has 0 radical (unpaired) electrons. The summed E-state index contributed by atoms with van der Waals surface area (Å²) in [6, 6.07) is 13.7. The number of furan rings is 1. The van der Waals surface area contributed by atoms with Crippen molar-refractivity contribution in [2.75, 3.05) is 12.4 Å². The summed E-state index contributed by atoms with van der Waals surface area (Å²) >= 11 is 1.38. The molecule has 0 spiro atoms. The van der Waals surface area contributed by atoms with Crippen LogP contribution in [0.1, 0.15) is 16.7 Å². The second-order valence-electron chi connectivity index (χ2n) is 6.71. The van der Waals surface area contributed by atoms with Gasteiger partial charge in [-0.2, -0.15) is 0 Å². The molecular formula is C22H20N2O3S. The van der Waals surface area contributed by atoms with Gasteiger partial charge in [0.1, 0.15) is 17.0 Å². The minimum atomic E-state index is -0.0813. The van der Waals surface area contributed by atoms with Gasteiger partial charge >= 0.3 is 0 Å². The Labute approximate surface area is 167 Å². The van der Waals surface area contributed by atoms with Gasteiger partial charge in [0, 0.05) is 16.8 Å². The number of thiazole rings is 1. The first kappa shape index (κ1) is 18.3. The second-order valence-corrected chi connectivity index (χ2v) is 7.57. The van der Waals surface area contributed by atoms with E-state index in [9.17, 15) is 4.79 Å². The summed E-state index contributed by atoms with van der Waals surface area (Å²) in [4.78, 5) is 16.9. The van der Waals surface area contributed by atoms with Crippen LogP contribution in [0.4, 0.5) is 5.13 Å². The number of fused-ring (bicyclic) bond motifs is 1. The Hall–Kier alpha value is -3.12. The fourth-order valence-electron chi connectivity index (χ4n) is 3.09. The molecule has 4 rings (SSSR count). The van der Waals surface area contributed by atoms with Gasteiger partial charge < -0.3 is 14.5 Å². The molecule has 0 aliphatic carbocycles. The van der Waals surface area contributed by atoms with Crippen LogP contribution in [0, 0.1) is 13.8 Å². The van der Waals surface area contributed by atoms with Crippen molar-refractivity contribution in [3.8, 4) is 17.2 Å². The zero-order valence-corrected chi connectivity index (χ0v) is 16.7. The standard InChI is InChI=1S/C22H20N2O3S/c1-13-4-5-15(14(2)8-13)10-21(25)24-22-23-18(12-28-22)20-9-16-6-7-17(26-3)11-19(16)27-20/h4-9,11-12H,10H2,1-3H3,(H,23,24,25). The lowest BCUT2D eigenvalue weighted by Crippen LogP contribution is -2.14. The summed E-state index contributed by atoms with van der Waals surface area (Å²) in [7, 11) is 1.62. The molecule has 2 aromatic heterocycles. The number of nitrogens with zero attached hydrogens (tertiary/aromatic N) is 1. The smallest absolute Gasteiger partial charge is 0.230 e. The molecule has 5 nitrogen and oxygen atoms in total. The number of aryl methyl sites for hydroxylation is 2. The SMILES string of the molecule is COc1ccc2cc(-c3csc(NC(=O)Cc4ccc(C)cc4C)n3)oc2c1. The van der Waals surface area contributed by atoms with Crippen molar-refractivity contribution in [2.24, 2.45) is 0 Å². The van der Waals surface area contributed by atoms with Crippen LogP contribution >= 0.6 is 11.3 Å². The van der Waals surface area contributed by atoms with Gasteiger partial charge in [-0.3, -0.25) is 4.79 Å². The number of anilines is 1. The maximum atomic E-state index is 12.4. The highest BCUT2D eigenvalue weighted by Crippen LogP contribution is 2.32. The maximum absolute atomic E-state index is 12.4. The van der Waals surface area contributed by atoms with Crippen LogP contribution in [0.2, 0.25) is 0 Å². The summed E-state index contributed by atoms with van der Waals surface area (Å²) in [5.41, 5.74) is 4.76.